The van der Waals surface area contributed by atoms with E-state index >= 15 is 0 Å². The molecule has 0 unspecified atom stereocenters. The van der Waals surface area contributed by atoms with E-state index in [-0.39, 0.29) is 4.90 Å². The van der Waals surface area contributed by atoms with Crippen molar-refractivity contribution in [2.45, 2.75) is 43.8 Å². The summed E-state index contributed by atoms with van der Waals surface area (Å²) in [6.45, 7) is 8.04. The van der Waals surface area contributed by atoms with Crippen LogP contribution in [0.25, 0.3) is 10.8 Å². The first-order valence-corrected chi connectivity index (χ1v) is 9.38. The molecule has 2 aromatic carbocycles. The monoisotopic (exact) mass is 347 g/mol. The van der Waals surface area contributed by atoms with Gasteiger partial charge < -0.3 is 9.31 Å². The molecule has 0 saturated carbocycles. The van der Waals surface area contributed by atoms with Crippen LogP contribution in [0.1, 0.15) is 27.7 Å². The van der Waals surface area contributed by atoms with Gasteiger partial charge in [0.05, 0.1) is 16.1 Å². The lowest BCUT2D eigenvalue weighted by Gasteiger charge is -2.32. The van der Waals surface area contributed by atoms with Crippen LogP contribution in [0.5, 0.6) is 0 Å². The normalized spacial score (nSPS) is 19.8. The van der Waals surface area contributed by atoms with Crippen molar-refractivity contribution >= 4 is 33.4 Å². The highest BCUT2D eigenvalue weighted by molar-refractivity contribution is 7.89. The summed E-state index contributed by atoms with van der Waals surface area (Å²) < 4.78 is 38.6. The summed E-state index contributed by atoms with van der Waals surface area (Å²) in [6, 6.07) is 10.8. The van der Waals surface area contributed by atoms with Gasteiger partial charge in [0, 0.05) is 0 Å². The molecule has 0 radical (unpaired) electrons. The molecule has 2 aromatic rings. The molecule has 1 fully saturated rings. The molecule has 7 heteroatoms. The van der Waals surface area contributed by atoms with E-state index in [1.807, 2.05) is 45.9 Å². The summed E-state index contributed by atoms with van der Waals surface area (Å²) in [6.07, 6.45) is 0. The van der Waals surface area contributed by atoms with E-state index in [1.165, 1.54) is 7.05 Å². The van der Waals surface area contributed by atoms with Crippen molar-refractivity contribution in [2.24, 2.45) is 0 Å². The summed E-state index contributed by atoms with van der Waals surface area (Å²) in [4.78, 5) is 0.239. The van der Waals surface area contributed by atoms with E-state index in [0.717, 1.165) is 16.2 Å². The third-order valence-corrected chi connectivity index (χ3v) is 6.38. The smallest absolute Gasteiger partial charge is 0.399 e. The molecule has 0 amide bonds. The zero-order valence-electron chi connectivity index (χ0n) is 14.6. The van der Waals surface area contributed by atoms with Crippen LogP contribution in [0.15, 0.2) is 41.3 Å². The quantitative estimate of drug-likeness (QED) is 0.863. The molecule has 5 nitrogen and oxygen atoms in total. The Balaban J connectivity index is 2.09. The van der Waals surface area contributed by atoms with Crippen molar-refractivity contribution in [3.8, 4) is 0 Å². The summed E-state index contributed by atoms with van der Waals surface area (Å²) in [5.74, 6) is 0. The van der Waals surface area contributed by atoms with Gasteiger partial charge in [0.2, 0.25) is 10.0 Å². The van der Waals surface area contributed by atoms with E-state index in [0.29, 0.717) is 0 Å². The second-order valence-corrected chi connectivity index (χ2v) is 8.91. The number of sulfonamides is 1. The Labute approximate surface area is 143 Å². The van der Waals surface area contributed by atoms with E-state index in [4.69, 9.17) is 9.31 Å². The van der Waals surface area contributed by atoms with Gasteiger partial charge in [0.1, 0.15) is 0 Å². The Morgan fingerprint density at radius 2 is 1.62 bits per heavy atom. The Bertz CT molecular complexity index is 877. The molecule has 0 aromatic heterocycles. The summed E-state index contributed by atoms with van der Waals surface area (Å²) in [5, 5.41) is 1.75. The highest BCUT2D eigenvalue weighted by Gasteiger charge is 2.52. The molecule has 1 saturated heterocycles. The third-order valence-electron chi connectivity index (χ3n) is 4.97. The van der Waals surface area contributed by atoms with Gasteiger partial charge in [-0.2, -0.15) is 0 Å². The Kier molecular flexibility index (Phi) is 4.03. The van der Waals surface area contributed by atoms with Crippen LogP contribution in [0.4, 0.5) is 0 Å². The van der Waals surface area contributed by atoms with E-state index in [9.17, 15) is 8.42 Å². The Morgan fingerprint density at radius 3 is 2.21 bits per heavy atom. The van der Waals surface area contributed by atoms with Crippen molar-refractivity contribution < 1.29 is 17.7 Å². The molecular weight excluding hydrogens is 325 g/mol. The number of fused-ring (bicyclic) bond motifs is 1. The Hall–Kier alpha value is -1.41. The highest BCUT2D eigenvalue weighted by Crippen LogP contribution is 2.37. The Morgan fingerprint density at radius 1 is 1.00 bits per heavy atom. The average molecular weight is 347 g/mol. The van der Waals surface area contributed by atoms with E-state index in [2.05, 4.69) is 4.72 Å². The first-order valence-electron chi connectivity index (χ1n) is 7.89. The maximum absolute atomic E-state index is 12.0. The zero-order valence-corrected chi connectivity index (χ0v) is 15.4. The highest BCUT2D eigenvalue weighted by atomic mass is 32.2. The largest absolute Gasteiger partial charge is 0.495 e. The van der Waals surface area contributed by atoms with Gasteiger partial charge in [-0.05, 0) is 63.1 Å². The van der Waals surface area contributed by atoms with Crippen molar-refractivity contribution in [1.29, 1.82) is 0 Å². The molecule has 0 bridgehead atoms. The maximum Gasteiger partial charge on any atom is 0.495 e. The molecule has 0 aliphatic carbocycles. The van der Waals surface area contributed by atoms with Gasteiger partial charge in [-0.1, -0.05) is 24.3 Å². The number of rotatable bonds is 3. The molecule has 3 rings (SSSR count). The number of hydrogen-bond acceptors (Lipinski definition) is 4. The van der Waals surface area contributed by atoms with Crippen molar-refractivity contribution in [2.75, 3.05) is 7.05 Å². The van der Waals surface area contributed by atoms with Crippen molar-refractivity contribution in [3.05, 3.63) is 36.4 Å². The summed E-state index contributed by atoms with van der Waals surface area (Å²) in [5.41, 5.74) is 0.0596. The van der Waals surface area contributed by atoms with Gasteiger partial charge in [0.15, 0.2) is 0 Å². The zero-order chi connectivity index (χ0) is 17.8. The summed E-state index contributed by atoms with van der Waals surface area (Å²) in [7, 11) is -2.55. The van der Waals surface area contributed by atoms with Crippen LogP contribution in [0.3, 0.4) is 0 Å². The maximum atomic E-state index is 12.0. The van der Waals surface area contributed by atoms with Crippen LogP contribution in [0, 0.1) is 0 Å². The fourth-order valence-electron chi connectivity index (χ4n) is 2.75. The number of benzene rings is 2. The molecule has 0 spiro atoms. The second kappa shape index (κ2) is 5.56. The van der Waals surface area contributed by atoms with Crippen LogP contribution in [0.2, 0.25) is 0 Å². The number of hydrogen-bond donors (Lipinski definition) is 1. The molecule has 0 atom stereocenters. The second-order valence-electron chi connectivity index (χ2n) is 7.03. The first-order chi connectivity index (χ1) is 11.1. The van der Waals surface area contributed by atoms with Gasteiger partial charge in [-0.25, -0.2) is 13.1 Å². The summed E-state index contributed by atoms with van der Waals surface area (Å²) >= 11 is 0. The molecule has 1 aliphatic heterocycles. The fraction of sp³-hybridized carbons (Fsp3) is 0.412. The van der Waals surface area contributed by atoms with Crippen LogP contribution in [-0.2, 0) is 19.3 Å². The van der Waals surface area contributed by atoms with Crippen molar-refractivity contribution in [1.82, 2.24) is 4.72 Å². The lowest BCUT2D eigenvalue weighted by atomic mass is 9.76. The first kappa shape index (κ1) is 17.4. The van der Waals surface area contributed by atoms with Gasteiger partial charge >= 0.3 is 7.12 Å². The van der Waals surface area contributed by atoms with Crippen LogP contribution < -0.4 is 10.2 Å². The molecule has 128 valence electrons. The fourth-order valence-corrected chi connectivity index (χ4v) is 3.51. The average Bonchev–Trinajstić information content (AvgIpc) is 2.74. The minimum absolute atomic E-state index is 0.239. The molecular formula is C17H22BNO4S. The van der Waals surface area contributed by atoms with E-state index in [1.54, 1.807) is 18.2 Å². The van der Waals surface area contributed by atoms with E-state index < -0.39 is 28.3 Å². The minimum atomic E-state index is -3.47. The SMILES string of the molecule is CNS(=O)(=O)c1ccc2c(B3OC(C)(C)C(C)(C)O3)cccc2c1. The topological polar surface area (TPSA) is 64.6 Å². The molecule has 1 aliphatic rings. The third kappa shape index (κ3) is 2.75. The van der Waals surface area contributed by atoms with Gasteiger partial charge in [0.25, 0.3) is 0 Å². The lowest BCUT2D eigenvalue weighted by Crippen LogP contribution is -2.41. The van der Waals surface area contributed by atoms with Crippen LogP contribution >= 0.6 is 0 Å². The standard InChI is InChI=1S/C17H22BNO4S/c1-16(2)17(3,4)23-18(22-16)15-8-6-7-12-11-13(9-10-14(12)15)24(20,21)19-5/h6-11,19H,1-5H3. The predicted molar refractivity (Wildman–Crippen MR) is 95.9 cm³/mol. The van der Waals surface area contributed by atoms with Crippen molar-refractivity contribution in [3.63, 3.8) is 0 Å². The molecule has 24 heavy (non-hydrogen) atoms. The molecule has 1 heterocycles. The minimum Gasteiger partial charge on any atom is -0.399 e. The van der Waals surface area contributed by atoms with Gasteiger partial charge in [-0.15, -0.1) is 0 Å². The predicted octanol–water partition coefficient (Wildman–Crippen LogP) is 2.05. The molecule has 1 N–H and O–H groups in total. The lowest BCUT2D eigenvalue weighted by molar-refractivity contribution is 0.00578. The van der Waals surface area contributed by atoms with Crippen LogP contribution in [-0.4, -0.2) is 33.8 Å². The number of nitrogens with one attached hydrogen (secondary N) is 1. The van der Waals surface area contributed by atoms with Gasteiger partial charge in [-0.3, -0.25) is 0 Å².